The van der Waals surface area contributed by atoms with E-state index in [9.17, 15) is 9.59 Å². The Bertz CT molecular complexity index is 1230. The van der Waals surface area contributed by atoms with Crippen LogP contribution in [0.1, 0.15) is 59.0 Å². The number of aromatic nitrogens is 3. The molecule has 1 aliphatic heterocycles. The molecule has 188 valence electrons. The van der Waals surface area contributed by atoms with Gasteiger partial charge in [-0.15, -0.1) is 11.3 Å². The maximum Gasteiger partial charge on any atom is 0.322 e. The van der Waals surface area contributed by atoms with Gasteiger partial charge >= 0.3 is 12.0 Å². The van der Waals surface area contributed by atoms with Crippen LogP contribution in [0, 0.1) is 5.92 Å². The van der Waals surface area contributed by atoms with Crippen LogP contribution in [0.5, 0.6) is 11.9 Å². The highest BCUT2D eigenvalue weighted by Gasteiger charge is 2.30. The van der Waals surface area contributed by atoms with Crippen molar-refractivity contribution in [3.05, 3.63) is 52.0 Å². The number of ether oxygens (including phenoxy) is 2. The Morgan fingerprint density at radius 3 is 2.67 bits per heavy atom. The lowest BCUT2D eigenvalue weighted by molar-refractivity contribution is -0.138. The molecule has 3 heterocycles. The largest absolute Gasteiger partial charge is 0.481 e. The Morgan fingerprint density at radius 1 is 1.19 bits per heavy atom. The van der Waals surface area contributed by atoms with Crippen LogP contribution < -0.4 is 20.1 Å². The molecule has 10 nitrogen and oxygen atoms in total. The Morgan fingerprint density at radius 2 is 1.97 bits per heavy atom. The number of thiazole rings is 1. The normalized spacial score (nSPS) is 19.8. The number of amides is 1. The molecule has 2 aliphatic rings. The quantitative estimate of drug-likeness (QED) is 0.485. The number of rotatable bonds is 7. The summed E-state index contributed by atoms with van der Waals surface area (Å²) in [5.41, 5.74) is 8.21. The van der Waals surface area contributed by atoms with Crippen LogP contribution in [0.25, 0.3) is 0 Å². The number of anilines is 2. The Hall–Kier alpha value is -3.73. The maximum atomic E-state index is 13.4. The third-order valence-electron chi connectivity index (χ3n) is 6.69. The van der Waals surface area contributed by atoms with E-state index < -0.39 is 5.97 Å². The zero-order valence-corrected chi connectivity index (χ0v) is 20.4. The first-order valence-electron chi connectivity index (χ1n) is 11.9. The van der Waals surface area contributed by atoms with Crippen molar-refractivity contribution in [2.45, 2.75) is 44.6 Å². The maximum absolute atomic E-state index is 13.4. The molecule has 3 aromatic rings. The molecule has 0 unspecified atom stereocenters. The van der Waals surface area contributed by atoms with Gasteiger partial charge in [-0.25, -0.2) is 4.98 Å². The number of aliphatic carboxylic acids is 1. The van der Waals surface area contributed by atoms with Gasteiger partial charge in [0.15, 0.2) is 0 Å². The number of nitrogens with two attached hydrogens (primary N) is 1. The van der Waals surface area contributed by atoms with Gasteiger partial charge in [-0.3, -0.25) is 9.59 Å². The van der Waals surface area contributed by atoms with Gasteiger partial charge in [-0.1, -0.05) is 12.1 Å². The zero-order valence-electron chi connectivity index (χ0n) is 19.6. The minimum Gasteiger partial charge on any atom is -0.481 e. The Labute approximate surface area is 212 Å². The van der Waals surface area contributed by atoms with E-state index in [0.29, 0.717) is 12.5 Å². The van der Waals surface area contributed by atoms with Crippen molar-refractivity contribution in [2.75, 3.05) is 23.8 Å². The highest BCUT2D eigenvalue weighted by Crippen LogP contribution is 2.38. The molecule has 1 saturated carbocycles. The molecule has 2 aromatic heterocycles. The van der Waals surface area contributed by atoms with Crippen molar-refractivity contribution in [1.29, 1.82) is 0 Å². The molecule has 1 aliphatic carbocycles. The SMILES string of the molecule is Nc1nc(OCc2nccs2)nc2c1C(=O)N(c1ccc(C3CCC(CC(=O)O)CC3)cc1)CCO2. The zero-order chi connectivity index (χ0) is 25.1. The van der Waals surface area contributed by atoms with Gasteiger partial charge in [0.1, 0.15) is 29.6 Å². The van der Waals surface area contributed by atoms with Gasteiger partial charge in [-0.05, 0) is 55.2 Å². The van der Waals surface area contributed by atoms with Gasteiger partial charge in [-0.2, -0.15) is 9.97 Å². The van der Waals surface area contributed by atoms with Crippen molar-refractivity contribution in [1.82, 2.24) is 15.0 Å². The lowest BCUT2D eigenvalue weighted by Crippen LogP contribution is -2.32. The first-order chi connectivity index (χ1) is 17.5. The lowest BCUT2D eigenvalue weighted by atomic mass is 9.77. The highest BCUT2D eigenvalue weighted by atomic mass is 32.1. The third kappa shape index (κ3) is 5.25. The minimum atomic E-state index is -0.721. The van der Waals surface area contributed by atoms with Crippen LogP contribution in [0.3, 0.4) is 0 Å². The average molecular weight is 510 g/mol. The van der Waals surface area contributed by atoms with Crippen molar-refractivity contribution in [3.63, 3.8) is 0 Å². The van der Waals surface area contributed by atoms with E-state index >= 15 is 0 Å². The first kappa shape index (κ1) is 24.0. The average Bonchev–Trinajstić information content (AvgIpc) is 3.33. The van der Waals surface area contributed by atoms with Crippen molar-refractivity contribution < 1.29 is 24.2 Å². The van der Waals surface area contributed by atoms with Crippen molar-refractivity contribution >= 4 is 34.7 Å². The molecule has 0 atom stereocenters. The molecular weight excluding hydrogens is 482 g/mol. The van der Waals surface area contributed by atoms with E-state index in [1.807, 2.05) is 29.6 Å². The fraction of sp³-hybridized carbons (Fsp3) is 0.400. The van der Waals surface area contributed by atoms with E-state index in [2.05, 4.69) is 15.0 Å². The summed E-state index contributed by atoms with van der Waals surface area (Å²) in [4.78, 5) is 38.6. The fourth-order valence-corrected chi connectivity index (χ4v) is 5.37. The number of carbonyl (C=O) groups excluding carboxylic acids is 1. The fourth-order valence-electron chi connectivity index (χ4n) is 4.85. The van der Waals surface area contributed by atoms with Crippen LogP contribution in [-0.4, -0.2) is 45.1 Å². The molecular formula is C25H27N5O5S. The molecule has 36 heavy (non-hydrogen) atoms. The summed E-state index contributed by atoms with van der Waals surface area (Å²) in [6, 6.07) is 8.00. The van der Waals surface area contributed by atoms with Crippen molar-refractivity contribution in [3.8, 4) is 11.9 Å². The van der Waals surface area contributed by atoms with E-state index in [1.54, 1.807) is 11.1 Å². The van der Waals surface area contributed by atoms with Gasteiger partial charge < -0.3 is 25.2 Å². The number of nitrogen functional groups attached to an aromatic ring is 1. The topological polar surface area (TPSA) is 141 Å². The van der Waals surface area contributed by atoms with Crippen LogP contribution >= 0.6 is 11.3 Å². The third-order valence-corrected chi connectivity index (χ3v) is 7.44. The van der Waals surface area contributed by atoms with Crippen molar-refractivity contribution in [2.24, 2.45) is 5.92 Å². The first-order valence-corrected chi connectivity index (χ1v) is 12.8. The smallest absolute Gasteiger partial charge is 0.322 e. The van der Waals surface area contributed by atoms with Crippen LogP contribution in [0.2, 0.25) is 0 Å². The van der Waals surface area contributed by atoms with E-state index in [-0.39, 0.29) is 54.7 Å². The highest BCUT2D eigenvalue weighted by molar-refractivity contribution is 7.09. The van der Waals surface area contributed by atoms with Gasteiger partial charge in [0, 0.05) is 23.7 Å². The molecule has 1 aromatic carbocycles. The number of hydrogen-bond acceptors (Lipinski definition) is 9. The molecule has 0 saturated heterocycles. The standard InChI is InChI=1S/C25H27N5O5S/c26-22-21-23(29-25(28-22)35-14-19-27-9-12-36-19)34-11-10-30(24(21)33)18-7-5-17(6-8-18)16-3-1-15(2-4-16)13-20(31)32/h5-9,12,15-16H,1-4,10-11,13-14H2,(H,31,32)(H2,26,28,29). The second-order valence-corrected chi connectivity index (χ2v) is 9.98. The molecule has 0 radical (unpaired) electrons. The van der Waals surface area contributed by atoms with E-state index in [0.717, 1.165) is 36.4 Å². The monoisotopic (exact) mass is 509 g/mol. The lowest BCUT2D eigenvalue weighted by Gasteiger charge is -2.28. The Kier molecular flexibility index (Phi) is 6.99. The number of nitrogens with zero attached hydrogens (tertiary/aromatic N) is 4. The van der Waals surface area contributed by atoms with Crippen LogP contribution in [-0.2, 0) is 11.4 Å². The molecule has 1 fully saturated rings. The molecule has 3 N–H and O–H groups in total. The molecule has 1 amide bonds. The molecule has 0 spiro atoms. The summed E-state index contributed by atoms with van der Waals surface area (Å²) in [7, 11) is 0. The number of carbonyl (C=O) groups is 2. The van der Waals surface area contributed by atoms with Crippen LogP contribution in [0.15, 0.2) is 35.8 Å². The number of carboxylic acid groups (broad SMARTS) is 1. The predicted molar refractivity (Wildman–Crippen MR) is 133 cm³/mol. The predicted octanol–water partition coefficient (Wildman–Crippen LogP) is 3.88. The van der Waals surface area contributed by atoms with Gasteiger partial charge in [0.2, 0.25) is 5.88 Å². The van der Waals surface area contributed by atoms with Crippen LogP contribution in [0.4, 0.5) is 11.5 Å². The van der Waals surface area contributed by atoms with E-state index in [4.69, 9.17) is 20.3 Å². The number of fused-ring (bicyclic) bond motifs is 1. The summed E-state index contributed by atoms with van der Waals surface area (Å²) < 4.78 is 11.3. The number of benzene rings is 1. The number of hydrogen-bond donors (Lipinski definition) is 2. The Balaban J connectivity index is 1.28. The second-order valence-electron chi connectivity index (χ2n) is 9.00. The summed E-state index contributed by atoms with van der Waals surface area (Å²) in [5, 5.41) is 11.6. The summed E-state index contributed by atoms with van der Waals surface area (Å²) >= 11 is 1.45. The summed E-state index contributed by atoms with van der Waals surface area (Å²) in [5.74, 6) is -0.271. The molecule has 5 rings (SSSR count). The summed E-state index contributed by atoms with van der Waals surface area (Å²) in [6.45, 7) is 0.781. The molecule has 0 bridgehead atoms. The van der Waals surface area contributed by atoms with Gasteiger partial charge in [0.25, 0.3) is 5.91 Å². The number of carboxylic acids is 1. The molecule has 11 heteroatoms. The second kappa shape index (κ2) is 10.5. The minimum absolute atomic E-state index is 0.000722. The van der Waals surface area contributed by atoms with E-state index in [1.165, 1.54) is 16.9 Å². The van der Waals surface area contributed by atoms with Gasteiger partial charge in [0.05, 0.1) is 6.54 Å². The summed E-state index contributed by atoms with van der Waals surface area (Å²) in [6.07, 6.45) is 5.73.